The van der Waals surface area contributed by atoms with E-state index in [4.69, 9.17) is 0 Å². The number of nitrogens with zero attached hydrogens (tertiary/aromatic N) is 1. The van der Waals surface area contributed by atoms with Crippen LogP contribution in [0.3, 0.4) is 0 Å². The first-order valence-corrected chi connectivity index (χ1v) is 11.5. The molecule has 0 radical (unpaired) electrons. The summed E-state index contributed by atoms with van der Waals surface area (Å²) in [6.45, 7) is 0.801. The predicted molar refractivity (Wildman–Crippen MR) is 123 cm³/mol. The third kappa shape index (κ3) is 4.38. The second-order valence-electron chi connectivity index (χ2n) is 8.04. The number of carbonyl (C=O) groups excluding carboxylic acids is 1. The smallest absolute Gasteiger partial charge is 0.253 e. The molecule has 1 aliphatic rings. The van der Waals surface area contributed by atoms with Crippen molar-refractivity contribution in [1.29, 1.82) is 0 Å². The fourth-order valence-electron chi connectivity index (χ4n) is 4.08. The van der Waals surface area contributed by atoms with E-state index >= 15 is 0 Å². The van der Waals surface area contributed by atoms with E-state index in [2.05, 4.69) is 48.7 Å². The van der Waals surface area contributed by atoms with Crippen LogP contribution in [0.25, 0.3) is 21.9 Å². The van der Waals surface area contributed by atoms with E-state index in [1.54, 1.807) is 16.7 Å². The highest BCUT2D eigenvalue weighted by atomic mass is 32.2. The molecule has 1 atom stereocenters. The van der Waals surface area contributed by atoms with Crippen molar-refractivity contribution in [2.75, 3.05) is 26.0 Å². The zero-order chi connectivity index (χ0) is 21.1. The van der Waals surface area contributed by atoms with Crippen molar-refractivity contribution in [3.05, 3.63) is 66.2 Å². The van der Waals surface area contributed by atoms with Crippen LogP contribution in [-0.2, 0) is 0 Å². The van der Waals surface area contributed by atoms with Crippen molar-refractivity contribution in [2.24, 2.45) is 0 Å². The lowest BCUT2D eigenvalue weighted by Gasteiger charge is -2.24. The van der Waals surface area contributed by atoms with Gasteiger partial charge in [-0.3, -0.25) is 4.79 Å². The van der Waals surface area contributed by atoms with Crippen LogP contribution in [0.4, 0.5) is 0 Å². The molecule has 1 saturated heterocycles. The molecule has 156 valence electrons. The van der Waals surface area contributed by atoms with Gasteiger partial charge in [0.2, 0.25) is 0 Å². The number of amides is 1. The number of hydrogen-bond donors (Lipinski definition) is 2. The molecule has 0 spiro atoms. The van der Waals surface area contributed by atoms with Crippen LogP contribution in [0.15, 0.2) is 65.6 Å². The normalized spacial score (nSPS) is 19.6. The minimum atomic E-state index is -1.07. The molecule has 5 heteroatoms. The molecule has 4 nitrogen and oxygen atoms in total. The lowest BCUT2D eigenvalue weighted by Crippen LogP contribution is -2.36. The second-order valence-corrected chi connectivity index (χ2v) is 8.92. The molecule has 1 fully saturated rings. The van der Waals surface area contributed by atoms with E-state index < -0.39 is 5.60 Å². The molecule has 0 aliphatic carbocycles. The Balaban J connectivity index is 1.57. The van der Waals surface area contributed by atoms with Gasteiger partial charge in [-0.2, -0.15) is 0 Å². The minimum Gasteiger partial charge on any atom is -0.393 e. The maximum Gasteiger partial charge on any atom is 0.253 e. The molecule has 4 rings (SSSR count). The third-order valence-electron chi connectivity index (χ3n) is 5.99. The van der Waals surface area contributed by atoms with Gasteiger partial charge in [-0.15, -0.1) is 11.8 Å². The maximum absolute atomic E-state index is 13.0. The van der Waals surface area contributed by atoms with Gasteiger partial charge in [0, 0.05) is 23.5 Å². The lowest BCUT2D eigenvalue weighted by molar-refractivity contribution is -0.0250. The number of rotatable bonds is 4. The highest BCUT2D eigenvalue weighted by Crippen LogP contribution is 2.29. The van der Waals surface area contributed by atoms with E-state index in [1.165, 1.54) is 10.5 Å². The molecular weight excluding hydrogens is 394 g/mol. The van der Waals surface area contributed by atoms with Crippen molar-refractivity contribution in [3.63, 3.8) is 0 Å². The summed E-state index contributed by atoms with van der Waals surface area (Å²) in [6.07, 6.45) is 3.69. The fraction of sp³-hybridized carbons (Fsp3) is 0.320. The average Bonchev–Trinajstić information content (AvgIpc) is 3.00. The first-order chi connectivity index (χ1) is 14.5. The van der Waals surface area contributed by atoms with Crippen LogP contribution in [0.1, 0.15) is 29.6 Å². The molecule has 0 aromatic heterocycles. The molecule has 0 saturated carbocycles. The summed E-state index contributed by atoms with van der Waals surface area (Å²) in [7, 11) is 0. The molecule has 3 aromatic rings. The van der Waals surface area contributed by atoms with Gasteiger partial charge in [-0.25, -0.2) is 0 Å². The Morgan fingerprint density at radius 3 is 2.57 bits per heavy atom. The average molecular weight is 422 g/mol. The number of likely N-dealkylation sites (tertiary alicyclic amines) is 1. The van der Waals surface area contributed by atoms with Gasteiger partial charge in [0.25, 0.3) is 5.91 Å². The molecule has 3 aromatic carbocycles. The third-order valence-corrected chi connectivity index (χ3v) is 6.71. The van der Waals surface area contributed by atoms with Crippen molar-refractivity contribution in [3.8, 4) is 11.1 Å². The summed E-state index contributed by atoms with van der Waals surface area (Å²) in [5.74, 6) is -0.0177. The molecule has 2 N–H and O–H groups in total. The highest BCUT2D eigenvalue weighted by molar-refractivity contribution is 7.98. The minimum absolute atomic E-state index is 0.0177. The highest BCUT2D eigenvalue weighted by Gasteiger charge is 2.31. The lowest BCUT2D eigenvalue weighted by atomic mass is 9.96. The van der Waals surface area contributed by atoms with Crippen LogP contribution in [0.2, 0.25) is 0 Å². The number of aliphatic hydroxyl groups excluding tert-OH is 1. The van der Waals surface area contributed by atoms with E-state index in [0.29, 0.717) is 37.9 Å². The van der Waals surface area contributed by atoms with Gasteiger partial charge >= 0.3 is 0 Å². The summed E-state index contributed by atoms with van der Waals surface area (Å²) in [6, 6.07) is 20.7. The van der Waals surface area contributed by atoms with E-state index in [1.807, 2.05) is 18.2 Å². The van der Waals surface area contributed by atoms with E-state index in [-0.39, 0.29) is 12.5 Å². The first kappa shape index (κ1) is 20.9. The Hall–Kier alpha value is -2.34. The number of aliphatic hydroxyl groups is 2. The van der Waals surface area contributed by atoms with Gasteiger partial charge in [0.15, 0.2) is 0 Å². The molecule has 1 heterocycles. The quantitative estimate of drug-likeness (QED) is 0.606. The van der Waals surface area contributed by atoms with Gasteiger partial charge in [0.1, 0.15) is 0 Å². The van der Waals surface area contributed by atoms with Gasteiger partial charge in [-0.1, -0.05) is 30.3 Å². The Morgan fingerprint density at radius 1 is 1.00 bits per heavy atom. The largest absolute Gasteiger partial charge is 0.393 e. The standard InChI is InChI=1S/C25H27NO3S/c1-30-23-5-2-4-18(16-23)19-6-7-21-15-22(9-8-20(21)14-19)24(28)26-12-3-10-25(29,17-27)11-13-26/h2,4-9,14-16,27,29H,3,10-13,17H2,1H3. The second kappa shape index (κ2) is 8.80. The SMILES string of the molecule is CSc1cccc(-c2ccc3cc(C(=O)N4CCCC(O)(CO)CC4)ccc3c2)c1. The Kier molecular flexibility index (Phi) is 6.14. The van der Waals surface area contributed by atoms with Crippen molar-refractivity contribution < 1.29 is 15.0 Å². The van der Waals surface area contributed by atoms with Crippen molar-refractivity contribution >= 4 is 28.4 Å². The number of thioether (sulfide) groups is 1. The van der Waals surface area contributed by atoms with Crippen molar-refractivity contribution in [2.45, 2.75) is 29.8 Å². The summed E-state index contributed by atoms with van der Waals surface area (Å²) in [4.78, 5) is 16.1. The molecule has 1 aliphatic heterocycles. The molecule has 30 heavy (non-hydrogen) atoms. The van der Waals surface area contributed by atoms with E-state index in [0.717, 1.165) is 16.3 Å². The molecule has 1 amide bonds. The summed E-state index contributed by atoms with van der Waals surface area (Å²) >= 11 is 1.73. The molecular formula is C25H27NO3S. The summed E-state index contributed by atoms with van der Waals surface area (Å²) in [5.41, 5.74) is 1.94. The van der Waals surface area contributed by atoms with E-state index in [9.17, 15) is 15.0 Å². The predicted octanol–water partition coefficient (Wildman–Crippen LogP) is 4.58. The zero-order valence-corrected chi connectivity index (χ0v) is 18.0. The fourth-order valence-corrected chi connectivity index (χ4v) is 4.54. The number of hydrogen-bond acceptors (Lipinski definition) is 4. The molecule has 1 unspecified atom stereocenters. The maximum atomic E-state index is 13.0. The number of carbonyl (C=O) groups is 1. The Bertz CT molecular complexity index is 1070. The van der Waals surface area contributed by atoms with Crippen LogP contribution in [-0.4, -0.2) is 52.6 Å². The topological polar surface area (TPSA) is 60.8 Å². The van der Waals surface area contributed by atoms with Gasteiger partial charge < -0.3 is 15.1 Å². The van der Waals surface area contributed by atoms with Crippen molar-refractivity contribution in [1.82, 2.24) is 4.90 Å². The number of benzene rings is 3. The monoisotopic (exact) mass is 421 g/mol. The molecule has 0 bridgehead atoms. The van der Waals surface area contributed by atoms with Crippen LogP contribution >= 0.6 is 11.8 Å². The zero-order valence-electron chi connectivity index (χ0n) is 17.2. The van der Waals surface area contributed by atoms with Crippen LogP contribution in [0, 0.1) is 0 Å². The first-order valence-electron chi connectivity index (χ1n) is 10.3. The number of fused-ring (bicyclic) bond motifs is 1. The van der Waals surface area contributed by atoms with Gasteiger partial charge in [0.05, 0.1) is 12.2 Å². The summed E-state index contributed by atoms with van der Waals surface area (Å²) in [5, 5.41) is 21.9. The van der Waals surface area contributed by atoms with Gasteiger partial charge in [-0.05, 0) is 77.7 Å². The van der Waals surface area contributed by atoms with Crippen LogP contribution < -0.4 is 0 Å². The summed E-state index contributed by atoms with van der Waals surface area (Å²) < 4.78 is 0. The Labute approximate surface area is 181 Å². The Morgan fingerprint density at radius 2 is 1.77 bits per heavy atom. The van der Waals surface area contributed by atoms with Crippen LogP contribution in [0.5, 0.6) is 0 Å².